The number of methoxy groups -OCH3 is 1. The summed E-state index contributed by atoms with van der Waals surface area (Å²) in [5.41, 5.74) is 1.08. The van der Waals surface area contributed by atoms with Gasteiger partial charge in [0.1, 0.15) is 12.4 Å². The topological polar surface area (TPSA) is 66.9 Å². The van der Waals surface area contributed by atoms with Crippen LogP contribution in [-0.2, 0) is 9.59 Å². The van der Waals surface area contributed by atoms with Gasteiger partial charge in [-0.05, 0) is 60.4 Å². The summed E-state index contributed by atoms with van der Waals surface area (Å²) in [6.45, 7) is -0.0838. The summed E-state index contributed by atoms with van der Waals surface area (Å²) in [7, 11) is 1.55. The minimum absolute atomic E-state index is 0.0838. The van der Waals surface area contributed by atoms with Gasteiger partial charge in [0.05, 0.1) is 18.9 Å². The first-order valence-electron chi connectivity index (χ1n) is 11.1. The zero-order chi connectivity index (χ0) is 22.0. The van der Waals surface area contributed by atoms with Crippen molar-refractivity contribution < 1.29 is 19.1 Å². The number of nitrogens with zero attached hydrogens (tertiary/aromatic N) is 2. The number of para-hydroxylation sites is 1. The molecule has 1 aliphatic heterocycles. The van der Waals surface area contributed by atoms with Crippen molar-refractivity contribution in [1.82, 2.24) is 4.90 Å². The standard InChI is InChI=1S/C26H24N2O4/c1-32-17-9-5-6-15(12-17)24(29)27(16-7-3-2-4-8-16)14-28-25(30)22-18-10-11-19(21-13-20(18)21)23(22)26(28)31/h2-12,18-23H,13-14H2,1H3/t18-,19-,20-,21+,22+,23+/m1/s1. The molecule has 3 amide bonds. The molecule has 0 radical (unpaired) electrons. The molecule has 6 nitrogen and oxygen atoms in total. The predicted molar refractivity (Wildman–Crippen MR) is 118 cm³/mol. The second-order valence-electron chi connectivity index (χ2n) is 9.20. The summed E-state index contributed by atoms with van der Waals surface area (Å²) in [5.74, 6) is 0.897. The Kier molecular flexibility index (Phi) is 4.25. The number of imide groups is 1. The van der Waals surface area contributed by atoms with Gasteiger partial charge in [-0.15, -0.1) is 0 Å². The molecular weight excluding hydrogens is 404 g/mol. The summed E-state index contributed by atoms with van der Waals surface area (Å²) in [5, 5.41) is 0. The molecule has 3 fully saturated rings. The van der Waals surface area contributed by atoms with Crippen LogP contribution in [0.5, 0.6) is 5.75 Å². The number of hydrogen-bond acceptors (Lipinski definition) is 4. The SMILES string of the molecule is COc1cccc(C(=O)N(CN2C(=O)[C@H]3[C@@H]4C=C[C@H]([C@@H]5C[C@H]45)[C@@H]3C2=O)c2ccccc2)c1. The molecule has 0 spiro atoms. The molecule has 7 rings (SSSR count). The summed E-state index contributed by atoms with van der Waals surface area (Å²) >= 11 is 0. The number of likely N-dealkylation sites (tertiary alicyclic amines) is 1. The van der Waals surface area contributed by atoms with Crippen molar-refractivity contribution in [3.8, 4) is 5.75 Å². The fourth-order valence-corrected chi connectivity index (χ4v) is 6.08. The summed E-state index contributed by atoms with van der Waals surface area (Å²) in [4.78, 5) is 43.3. The lowest BCUT2D eigenvalue weighted by Gasteiger charge is -2.37. The zero-order valence-electron chi connectivity index (χ0n) is 17.8. The molecule has 5 aliphatic rings. The van der Waals surface area contributed by atoms with Crippen LogP contribution in [0.15, 0.2) is 66.7 Å². The summed E-state index contributed by atoms with van der Waals surface area (Å²) in [6, 6.07) is 16.1. The molecule has 6 heteroatoms. The number of ether oxygens (including phenoxy) is 1. The van der Waals surface area contributed by atoms with Gasteiger partial charge in [0.25, 0.3) is 5.91 Å². The molecule has 0 aromatic heterocycles. The Bertz CT molecular complexity index is 1110. The van der Waals surface area contributed by atoms with E-state index >= 15 is 0 Å². The quantitative estimate of drug-likeness (QED) is 0.541. The summed E-state index contributed by atoms with van der Waals surface area (Å²) < 4.78 is 5.27. The molecular formula is C26H24N2O4. The predicted octanol–water partition coefficient (Wildman–Crippen LogP) is 3.35. The fourth-order valence-electron chi connectivity index (χ4n) is 6.08. The number of amides is 3. The van der Waals surface area contributed by atoms with Gasteiger partial charge in [-0.25, -0.2) is 0 Å². The van der Waals surface area contributed by atoms with Gasteiger partial charge in [0, 0.05) is 11.3 Å². The van der Waals surface area contributed by atoms with Crippen molar-refractivity contribution in [2.45, 2.75) is 6.42 Å². The Morgan fingerprint density at radius 2 is 1.62 bits per heavy atom. The van der Waals surface area contributed by atoms with E-state index in [-0.39, 0.29) is 48.1 Å². The van der Waals surface area contributed by atoms with Gasteiger partial charge >= 0.3 is 0 Å². The minimum Gasteiger partial charge on any atom is -0.497 e. The Morgan fingerprint density at radius 3 is 2.25 bits per heavy atom. The van der Waals surface area contributed by atoms with Crippen LogP contribution in [0.4, 0.5) is 5.69 Å². The third-order valence-electron chi connectivity index (χ3n) is 7.67. The first-order valence-corrected chi connectivity index (χ1v) is 11.1. The minimum atomic E-state index is -0.283. The maximum atomic E-state index is 13.5. The molecule has 2 saturated carbocycles. The number of allylic oxidation sites excluding steroid dienone is 2. The van der Waals surface area contributed by atoms with Crippen LogP contribution in [0, 0.1) is 35.5 Å². The van der Waals surface area contributed by atoms with E-state index in [0.717, 1.165) is 6.42 Å². The second kappa shape index (κ2) is 7.05. The fraction of sp³-hybridized carbons (Fsp3) is 0.346. The van der Waals surface area contributed by atoms with Gasteiger partial charge < -0.3 is 4.74 Å². The second-order valence-corrected chi connectivity index (χ2v) is 9.20. The van der Waals surface area contributed by atoms with Gasteiger partial charge in [-0.2, -0.15) is 0 Å². The van der Waals surface area contributed by atoms with Crippen molar-refractivity contribution in [2.24, 2.45) is 35.5 Å². The lowest BCUT2D eigenvalue weighted by atomic mass is 9.63. The van der Waals surface area contributed by atoms with Crippen LogP contribution >= 0.6 is 0 Å². The number of anilines is 1. The molecule has 32 heavy (non-hydrogen) atoms. The van der Waals surface area contributed by atoms with Crippen LogP contribution < -0.4 is 9.64 Å². The molecule has 6 atom stereocenters. The highest BCUT2D eigenvalue weighted by Gasteiger charge is 2.67. The van der Waals surface area contributed by atoms with Crippen molar-refractivity contribution >= 4 is 23.4 Å². The van der Waals surface area contributed by atoms with Gasteiger partial charge in [0.2, 0.25) is 11.8 Å². The molecule has 0 N–H and O–H groups in total. The van der Waals surface area contributed by atoms with Crippen molar-refractivity contribution in [1.29, 1.82) is 0 Å². The molecule has 1 saturated heterocycles. The molecule has 2 aromatic rings. The van der Waals surface area contributed by atoms with E-state index in [9.17, 15) is 14.4 Å². The maximum absolute atomic E-state index is 13.5. The van der Waals surface area contributed by atoms with E-state index in [1.165, 1.54) is 9.80 Å². The average molecular weight is 428 g/mol. The van der Waals surface area contributed by atoms with Crippen LogP contribution in [0.1, 0.15) is 16.8 Å². The molecule has 0 unspecified atom stereocenters. The zero-order valence-corrected chi connectivity index (χ0v) is 17.8. The number of benzene rings is 2. The first-order chi connectivity index (χ1) is 15.6. The highest BCUT2D eigenvalue weighted by Crippen LogP contribution is 2.65. The number of rotatable bonds is 5. The van der Waals surface area contributed by atoms with E-state index in [2.05, 4.69) is 12.2 Å². The van der Waals surface area contributed by atoms with E-state index < -0.39 is 0 Å². The molecule has 4 aliphatic carbocycles. The average Bonchev–Trinajstić information content (AvgIpc) is 3.62. The number of hydrogen-bond donors (Lipinski definition) is 0. The Labute approximate surface area is 186 Å². The molecule has 2 bridgehead atoms. The lowest BCUT2D eigenvalue weighted by molar-refractivity contribution is -0.140. The van der Waals surface area contributed by atoms with Crippen LogP contribution in [0.2, 0.25) is 0 Å². The Hall–Kier alpha value is -3.41. The highest BCUT2D eigenvalue weighted by molar-refractivity contribution is 6.10. The maximum Gasteiger partial charge on any atom is 0.259 e. The number of carbonyl (C=O) groups is 3. The Balaban J connectivity index is 1.33. The van der Waals surface area contributed by atoms with Crippen LogP contribution in [-0.4, -0.2) is 36.4 Å². The van der Waals surface area contributed by atoms with Crippen molar-refractivity contribution in [3.63, 3.8) is 0 Å². The molecule has 1 heterocycles. The smallest absolute Gasteiger partial charge is 0.259 e. The highest BCUT2D eigenvalue weighted by atomic mass is 16.5. The van der Waals surface area contributed by atoms with E-state index in [4.69, 9.17) is 4.74 Å². The largest absolute Gasteiger partial charge is 0.497 e. The van der Waals surface area contributed by atoms with E-state index in [1.807, 2.05) is 30.3 Å². The van der Waals surface area contributed by atoms with Crippen molar-refractivity contribution in [2.75, 3.05) is 18.7 Å². The lowest BCUT2D eigenvalue weighted by Crippen LogP contribution is -2.45. The third-order valence-corrected chi connectivity index (χ3v) is 7.67. The van der Waals surface area contributed by atoms with Crippen LogP contribution in [0.25, 0.3) is 0 Å². The number of carbonyl (C=O) groups excluding carboxylic acids is 3. The van der Waals surface area contributed by atoms with E-state index in [1.54, 1.807) is 31.4 Å². The third kappa shape index (κ3) is 2.75. The molecule has 2 aromatic carbocycles. The molecule has 162 valence electrons. The first kappa shape index (κ1) is 19.3. The monoisotopic (exact) mass is 428 g/mol. The van der Waals surface area contributed by atoms with Gasteiger partial charge in [-0.1, -0.05) is 36.4 Å². The normalized spacial score (nSPS) is 31.3. The van der Waals surface area contributed by atoms with Crippen LogP contribution in [0.3, 0.4) is 0 Å². The summed E-state index contributed by atoms with van der Waals surface area (Å²) in [6.07, 6.45) is 5.44. The van der Waals surface area contributed by atoms with Crippen molar-refractivity contribution in [3.05, 3.63) is 72.3 Å². The Morgan fingerprint density at radius 1 is 0.969 bits per heavy atom. The van der Waals surface area contributed by atoms with Gasteiger partial charge in [-0.3, -0.25) is 24.2 Å². The van der Waals surface area contributed by atoms with Gasteiger partial charge in [0.15, 0.2) is 0 Å². The van der Waals surface area contributed by atoms with E-state index in [0.29, 0.717) is 28.8 Å².